The van der Waals surface area contributed by atoms with E-state index in [-0.39, 0.29) is 22.8 Å². The minimum absolute atomic E-state index is 0.0430. The monoisotopic (exact) mass is 321 g/mol. The van der Waals surface area contributed by atoms with E-state index in [1.807, 2.05) is 0 Å². The van der Waals surface area contributed by atoms with Crippen LogP contribution in [0.1, 0.15) is 0 Å². The fourth-order valence-electron chi connectivity index (χ4n) is 1.80. The van der Waals surface area contributed by atoms with Gasteiger partial charge in [0.1, 0.15) is 17.2 Å². The van der Waals surface area contributed by atoms with Gasteiger partial charge in [-0.2, -0.15) is 5.10 Å². The highest BCUT2D eigenvalue weighted by Crippen LogP contribution is 2.26. The average molecular weight is 321 g/mol. The smallest absolute Gasteiger partial charge is 0.229 e. The van der Waals surface area contributed by atoms with Crippen molar-refractivity contribution >= 4 is 27.1 Å². The number of aliphatic hydroxyl groups is 2. The van der Waals surface area contributed by atoms with Gasteiger partial charge in [0.25, 0.3) is 0 Å². The topological polar surface area (TPSA) is 102 Å². The second-order valence-corrected chi connectivity index (χ2v) is 6.41. The van der Waals surface area contributed by atoms with Gasteiger partial charge in [0.15, 0.2) is 0 Å². The predicted molar refractivity (Wildman–Crippen MR) is 86.4 cm³/mol. The van der Waals surface area contributed by atoms with Crippen LogP contribution in [0.5, 0.6) is 0 Å². The molecule has 1 heterocycles. The summed E-state index contributed by atoms with van der Waals surface area (Å²) in [6, 6.07) is 6.39. The van der Waals surface area contributed by atoms with Crippen molar-refractivity contribution in [3.63, 3.8) is 0 Å². The van der Waals surface area contributed by atoms with E-state index in [1.54, 1.807) is 18.2 Å². The summed E-state index contributed by atoms with van der Waals surface area (Å²) in [5.41, 5.74) is 1.01. The van der Waals surface area contributed by atoms with Gasteiger partial charge in [-0.15, -0.1) is 0 Å². The number of anilines is 2. The first-order valence-electron chi connectivity index (χ1n) is 6.12. The molecule has 1 aliphatic rings. The zero-order valence-electron chi connectivity index (χ0n) is 11.8. The van der Waals surface area contributed by atoms with E-state index in [0.29, 0.717) is 11.4 Å². The zero-order chi connectivity index (χ0) is 16.5. The summed E-state index contributed by atoms with van der Waals surface area (Å²) in [7, 11) is -3.41. The van der Waals surface area contributed by atoms with E-state index in [0.717, 1.165) is 6.26 Å². The van der Waals surface area contributed by atoms with Crippen LogP contribution in [0, 0.1) is 0 Å². The van der Waals surface area contributed by atoms with Gasteiger partial charge in [-0.05, 0) is 18.2 Å². The molecule has 3 N–H and O–H groups in total. The minimum atomic E-state index is -3.41. The summed E-state index contributed by atoms with van der Waals surface area (Å²) in [5, 5.41) is 24.7. The molecular formula is C14H15N3O4S. The summed E-state index contributed by atoms with van der Waals surface area (Å²) in [4.78, 5) is 0. The number of hydrazone groups is 1. The Balaban J connectivity index is 2.41. The van der Waals surface area contributed by atoms with Gasteiger partial charge in [0.2, 0.25) is 10.0 Å². The number of nitrogens with zero attached hydrogens (tertiary/aromatic N) is 2. The third-order valence-electron chi connectivity index (χ3n) is 2.73. The number of hydrogen-bond acceptors (Lipinski definition) is 6. The Morgan fingerprint density at radius 1 is 1.41 bits per heavy atom. The standard InChI is InChI=1S/C14H15N3O4S/c1-9-13(19)8-17(15-14(9)10(2)18)12-6-4-5-11(7-12)16-22(3,20)21/h4-8,16,18-19H,1-2H2,3H3. The molecule has 0 aliphatic carbocycles. The van der Waals surface area contributed by atoms with E-state index in [4.69, 9.17) is 0 Å². The van der Waals surface area contributed by atoms with Crippen LogP contribution in [-0.2, 0) is 10.0 Å². The summed E-state index contributed by atoms with van der Waals surface area (Å²) in [6.45, 7) is 6.97. The molecule has 0 unspecified atom stereocenters. The molecule has 0 aromatic heterocycles. The van der Waals surface area contributed by atoms with Crippen LogP contribution in [0.4, 0.5) is 11.4 Å². The third kappa shape index (κ3) is 3.47. The van der Waals surface area contributed by atoms with Crippen molar-refractivity contribution in [3.8, 4) is 0 Å². The molecular weight excluding hydrogens is 306 g/mol. The van der Waals surface area contributed by atoms with Crippen molar-refractivity contribution in [1.29, 1.82) is 0 Å². The van der Waals surface area contributed by atoms with Crippen molar-refractivity contribution in [1.82, 2.24) is 0 Å². The van der Waals surface area contributed by atoms with E-state index in [9.17, 15) is 18.6 Å². The lowest BCUT2D eigenvalue weighted by Crippen LogP contribution is -2.22. The van der Waals surface area contributed by atoms with Crippen LogP contribution < -0.4 is 9.73 Å². The first-order valence-corrected chi connectivity index (χ1v) is 8.01. The van der Waals surface area contributed by atoms with Crippen molar-refractivity contribution in [2.75, 3.05) is 16.0 Å². The molecule has 7 nitrogen and oxygen atoms in total. The second kappa shape index (κ2) is 5.57. The molecule has 1 aromatic rings. The average Bonchev–Trinajstić information content (AvgIpc) is 2.39. The minimum Gasteiger partial charge on any atom is -0.506 e. The number of benzene rings is 1. The number of rotatable bonds is 4. The number of aliphatic hydroxyl groups excluding tert-OH is 2. The van der Waals surface area contributed by atoms with Crippen molar-refractivity contribution in [2.45, 2.75) is 0 Å². The third-order valence-corrected chi connectivity index (χ3v) is 3.34. The summed E-state index contributed by atoms with van der Waals surface area (Å²) in [6.07, 6.45) is 2.34. The lowest BCUT2D eigenvalue weighted by atomic mass is 10.1. The summed E-state index contributed by atoms with van der Waals surface area (Å²) < 4.78 is 24.9. The molecule has 8 heteroatoms. The predicted octanol–water partition coefficient (Wildman–Crippen LogP) is 2.26. The van der Waals surface area contributed by atoms with Crippen molar-refractivity contribution in [2.24, 2.45) is 5.10 Å². The maximum absolute atomic E-state index is 11.3. The Hall–Kier alpha value is -2.74. The lowest BCUT2D eigenvalue weighted by Gasteiger charge is -2.23. The Labute approximate surface area is 128 Å². The van der Waals surface area contributed by atoms with Crippen molar-refractivity contribution in [3.05, 3.63) is 60.7 Å². The molecule has 0 spiro atoms. The normalized spacial score (nSPS) is 15.1. The van der Waals surface area contributed by atoms with Crippen LogP contribution >= 0.6 is 0 Å². The van der Waals surface area contributed by atoms with Crippen LogP contribution in [0.15, 0.2) is 65.8 Å². The molecule has 0 saturated carbocycles. The number of nitrogens with one attached hydrogen (secondary N) is 1. The fraction of sp³-hybridized carbons (Fsp3) is 0.0714. The maximum atomic E-state index is 11.3. The second-order valence-electron chi connectivity index (χ2n) is 4.66. The van der Waals surface area contributed by atoms with E-state index in [1.165, 1.54) is 17.3 Å². The molecule has 0 amide bonds. The van der Waals surface area contributed by atoms with E-state index < -0.39 is 10.0 Å². The van der Waals surface area contributed by atoms with Gasteiger partial charge in [0, 0.05) is 5.57 Å². The Morgan fingerprint density at radius 3 is 2.68 bits per heavy atom. The lowest BCUT2D eigenvalue weighted by molar-refractivity contribution is 0.417. The Kier molecular flexibility index (Phi) is 3.96. The molecule has 1 aliphatic heterocycles. The van der Waals surface area contributed by atoms with Gasteiger partial charge in [0.05, 0.1) is 23.8 Å². The first-order chi connectivity index (χ1) is 10.2. The molecule has 0 saturated heterocycles. The maximum Gasteiger partial charge on any atom is 0.229 e. The van der Waals surface area contributed by atoms with Gasteiger partial charge < -0.3 is 10.2 Å². The van der Waals surface area contributed by atoms with Crippen LogP contribution in [-0.4, -0.2) is 30.6 Å². The van der Waals surface area contributed by atoms with E-state index >= 15 is 0 Å². The largest absolute Gasteiger partial charge is 0.506 e. The highest BCUT2D eigenvalue weighted by Gasteiger charge is 2.20. The van der Waals surface area contributed by atoms with E-state index in [2.05, 4.69) is 23.0 Å². The molecule has 0 radical (unpaired) electrons. The zero-order valence-corrected chi connectivity index (χ0v) is 12.6. The molecule has 1 aromatic carbocycles. The summed E-state index contributed by atoms with van der Waals surface area (Å²) >= 11 is 0. The SMILES string of the molecule is C=C(O)C1=NN(c2cccc(NS(C)(=O)=O)c2)C=C(O)C1=C. The fourth-order valence-corrected chi connectivity index (χ4v) is 2.36. The molecule has 0 bridgehead atoms. The van der Waals surface area contributed by atoms with Gasteiger partial charge in [-0.1, -0.05) is 19.2 Å². The molecule has 0 atom stereocenters. The van der Waals surface area contributed by atoms with Crippen LogP contribution in [0.3, 0.4) is 0 Å². The Morgan fingerprint density at radius 2 is 2.09 bits per heavy atom. The molecule has 116 valence electrons. The van der Waals surface area contributed by atoms with Gasteiger partial charge in [-0.3, -0.25) is 4.72 Å². The molecule has 22 heavy (non-hydrogen) atoms. The van der Waals surface area contributed by atoms with Crippen LogP contribution in [0.25, 0.3) is 0 Å². The number of sulfonamides is 1. The molecule has 2 rings (SSSR count). The summed E-state index contributed by atoms with van der Waals surface area (Å²) in [5.74, 6) is -0.512. The highest BCUT2D eigenvalue weighted by atomic mass is 32.2. The van der Waals surface area contributed by atoms with Gasteiger partial charge in [-0.25, -0.2) is 13.4 Å². The van der Waals surface area contributed by atoms with Crippen LogP contribution in [0.2, 0.25) is 0 Å². The quantitative estimate of drug-likeness (QED) is 0.738. The first kappa shape index (κ1) is 15.6. The van der Waals surface area contributed by atoms with Gasteiger partial charge >= 0.3 is 0 Å². The number of hydrogen-bond donors (Lipinski definition) is 3. The highest BCUT2D eigenvalue weighted by molar-refractivity contribution is 7.92. The Bertz CT molecular complexity index is 809. The van der Waals surface area contributed by atoms with Crippen molar-refractivity contribution < 1.29 is 18.6 Å². The molecule has 0 fully saturated rings. The number of allylic oxidation sites excluding steroid dienone is 2.